The van der Waals surface area contributed by atoms with Crippen LogP contribution in [0.5, 0.6) is 0 Å². The Morgan fingerprint density at radius 2 is 2.08 bits per heavy atom. The molecule has 1 N–H and O–H groups in total. The van der Waals surface area contributed by atoms with Gasteiger partial charge in [0.25, 0.3) is 0 Å². The monoisotopic (exact) mass is 184 g/mol. The molecule has 5 heteroatoms. The van der Waals surface area contributed by atoms with Gasteiger partial charge in [-0.25, -0.2) is 14.8 Å². The average Bonchev–Trinajstić information content (AvgIpc) is 2.04. The summed E-state index contributed by atoms with van der Waals surface area (Å²) in [4.78, 5) is 18.0. The highest BCUT2D eigenvalue weighted by atomic mass is 32.1. The lowest BCUT2D eigenvalue weighted by Gasteiger charge is -2.00. The Balaban J connectivity index is 2.93. The molecular formula is C7H8N2O2S. The SMILES string of the molecule is CC(S)c1ncc(C(=O)O)cn1. The first-order valence-electron chi connectivity index (χ1n) is 3.34. The summed E-state index contributed by atoms with van der Waals surface area (Å²) >= 11 is 4.10. The summed E-state index contributed by atoms with van der Waals surface area (Å²) in [6.07, 6.45) is 2.55. The number of rotatable bonds is 2. The second kappa shape index (κ2) is 3.53. The van der Waals surface area contributed by atoms with E-state index < -0.39 is 5.97 Å². The van der Waals surface area contributed by atoms with E-state index in [1.807, 2.05) is 6.92 Å². The minimum atomic E-state index is -1.02. The molecule has 0 radical (unpaired) electrons. The first kappa shape index (κ1) is 8.99. The van der Waals surface area contributed by atoms with E-state index in [4.69, 9.17) is 5.11 Å². The molecule has 0 spiro atoms. The molecule has 4 nitrogen and oxygen atoms in total. The molecule has 0 aliphatic rings. The lowest BCUT2D eigenvalue weighted by atomic mass is 10.3. The van der Waals surface area contributed by atoms with Crippen LogP contribution in [0.15, 0.2) is 12.4 Å². The van der Waals surface area contributed by atoms with Crippen molar-refractivity contribution in [3.63, 3.8) is 0 Å². The Labute approximate surface area is 75.1 Å². The van der Waals surface area contributed by atoms with Crippen LogP contribution in [0.2, 0.25) is 0 Å². The fourth-order valence-corrected chi connectivity index (χ4v) is 0.798. The lowest BCUT2D eigenvalue weighted by molar-refractivity contribution is 0.0696. The number of nitrogens with zero attached hydrogens (tertiary/aromatic N) is 2. The number of aromatic nitrogens is 2. The van der Waals surface area contributed by atoms with Crippen molar-refractivity contribution in [3.8, 4) is 0 Å². The average molecular weight is 184 g/mol. The number of carbonyl (C=O) groups is 1. The van der Waals surface area contributed by atoms with Crippen molar-refractivity contribution in [2.75, 3.05) is 0 Å². The van der Waals surface area contributed by atoms with E-state index in [9.17, 15) is 4.79 Å². The molecule has 1 heterocycles. The van der Waals surface area contributed by atoms with E-state index in [0.29, 0.717) is 5.82 Å². The normalized spacial score (nSPS) is 12.5. The maximum Gasteiger partial charge on any atom is 0.338 e. The van der Waals surface area contributed by atoms with Gasteiger partial charge in [-0.05, 0) is 6.92 Å². The lowest BCUT2D eigenvalue weighted by Crippen LogP contribution is -2.01. The maximum absolute atomic E-state index is 10.4. The Hall–Kier alpha value is -1.10. The third-order valence-corrected chi connectivity index (χ3v) is 1.52. The van der Waals surface area contributed by atoms with Gasteiger partial charge in [0.2, 0.25) is 0 Å². The van der Waals surface area contributed by atoms with Crippen molar-refractivity contribution in [2.24, 2.45) is 0 Å². The van der Waals surface area contributed by atoms with Gasteiger partial charge >= 0.3 is 5.97 Å². The summed E-state index contributed by atoms with van der Waals surface area (Å²) in [5.74, 6) is -0.489. The first-order chi connectivity index (χ1) is 5.61. The Kier molecular flexibility index (Phi) is 2.65. The zero-order valence-electron chi connectivity index (χ0n) is 6.43. The van der Waals surface area contributed by atoms with Crippen molar-refractivity contribution in [1.29, 1.82) is 0 Å². The van der Waals surface area contributed by atoms with Gasteiger partial charge in [-0.15, -0.1) is 0 Å². The number of aromatic carboxylic acids is 1. The standard InChI is InChI=1S/C7H8N2O2S/c1-4(12)6-8-2-5(3-9-6)7(10)11/h2-4,12H,1H3,(H,10,11). The molecule has 0 bridgehead atoms. The maximum atomic E-state index is 10.4. The third kappa shape index (κ3) is 1.94. The summed E-state index contributed by atoms with van der Waals surface area (Å²) in [5.41, 5.74) is 0.0905. The van der Waals surface area contributed by atoms with Gasteiger partial charge in [0.1, 0.15) is 5.82 Å². The number of hydrogen-bond acceptors (Lipinski definition) is 4. The first-order valence-corrected chi connectivity index (χ1v) is 3.86. The van der Waals surface area contributed by atoms with E-state index in [-0.39, 0.29) is 10.8 Å². The molecule has 1 unspecified atom stereocenters. The van der Waals surface area contributed by atoms with Crippen LogP contribution in [0.4, 0.5) is 0 Å². The smallest absolute Gasteiger partial charge is 0.338 e. The number of carboxylic acids is 1. The Morgan fingerprint density at radius 3 is 2.42 bits per heavy atom. The van der Waals surface area contributed by atoms with Crippen LogP contribution < -0.4 is 0 Å². The van der Waals surface area contributed by atoms with Crippen LogP contribution in [0.25, 0.3) is 0 Å². The fraction of sp³-hybridized carbons (Fsp3) is 0.286. The number of thiol groups is 1. The minimum absolute atomic E-state index is 0.0761. The van der Waals surface area contributed by atoms with Crippen molar-refractivity contribution in [1.82, 2.24) is 9.97 Å². The van der Waals surface area contributed by atoms with Gasteiger partial charge in [0, 0.05) is 12.4 Å². The molecule has 0 saturated carbocycles. The highest BCUT2D eigenvalue weighted by molar-refractivity contribution is 7.80. The minimum Gasteiger partial charge on any atom is -0.478 e. The van der Waals surface area contributed by atoms with Crippen molar-refractivity contribution < 1.29 is 9.90 Å². The zero-order valence-corrected chi connectivity index (χ0v) is 7.32. The molecule has 0 aromatic carbocycles. The molecule has 1 aromatic rings. The quantitative estimate of drug-likeness (QED) is 0.677. The molecule has 64 valence electrons. The molecule has 12 heavy (non-hydrogen) atoms. The van der Waals surface area contributed by atoms with E-state index in [0.717, 1.165) is 0 Å². The van der Waals surface area contributed by atoms with Crippen LogP contribution in [-0.4, -0.2) is 21.0 Å². The van der Waals surface area contributed by atoms with Crippen LogP contribution in [-0.2, 0) is 0 Å². The number of hydrogen-bond donors (Lipinski definition) is 2. The predicted octanol–water partition coefficient (Wildman–Crippen LogP) is 1.17. The molecule has 0 fully saturated rings. The van der Waals surface area contributed by atoms with Gasteiger partial charge in [-0.3, -0.25) is 0 Å². The number of carboxylic acid groups (broad SMARTS) is 1. The van der Waals surface area contributed by atoms with Gasteiger partial charge in [-0.2, -0.15) is 12.6 Å². The topological polar surface area (TPSA) is 63.1 Å². The Bertz CT molecular complexity index is 284. The van der Waals surface area contributed by atoms with Gasteiger partial charge < -0.3 is 5.11 Å². The Morgan fingerprint density at radius 1 is 1.58 bits per heavy atom. The summed E-state index contributed by atoms with van der Waals surface area (Å²) in [7, 11) is 0. The van der Waals surface area contributed by atoms with Crippen LogP contribution >= 0.6 is 12.6 Å². The molecule has 1 rings (SSSR count). The van der Waals surface area contributed by atoms with E-state index >= 15 is 0 Å². The van der Waals surface area contributed by atoms with Crippen molar-refractivity contribution in [3.05, 3.63) is 23.8 Å². The molecule has 0 aliphatic carbocycles. The van der Waals surface area contributed by atoms with Crippen molar-refractivity contribution in [2.45, 2.75) is 12.2 Å². The summed E-state index contributed by atoms with van der Waals surface area (Å²) in [6, 6.07) is 0. The highest BCUT2D eigenvalue weighted by Gasteiger charge is 2.06. The second-order valence-corrected chi connectivity index (χ2v) is 3.09. The van der Waals surface area contributed by atoms with Crippen LogP contribution in [0.1, 0.15) is 28.4 Å². The van der Waals surface area contributed by atoms with E-state index in [2.05, 4.69) is 22.6 Å². The molecule has 0 amide bonds. The van der Waals surface area contributed by atoms with Crippen LogP contribution in [0, 0.1) is 0 Å². The summed E-state index contributed by atoms with van der Waals surface area (Å²) in [5, 5.41) is 8.44. The molecule has 0 aliphatic heterocycles. The largest absolute Gasteiger partial charge is 0.478 e. The molecule has 1 atom stereocenters. The zero-order chi connectivity index (χ0) is 9.14. The fourth-order valence-electron chi connectivity index (χ4n) is 0.664. The summed E-state index contributed by atoms with van der Waals surface area (Å²) < 4.78 is 0. The molecule has 0 saturated heterocycles. The molecular weight excluding hydrogens is 176 g/mol. The highest BCUT2D eigenvalue weighted by Crippen LogP contribution is 2.12. The second-order valence-electron chi connectivity index (χ2n) is 2.31. The summed E-state index contributed by atoms with van der Waals surface area (Å²) in [6.45, 7) is 1.82. The third-order valence-electron chi connectivity index (χ3n) is 1.29. The predicted molar refractivity (Wildman–Crippen MR) is 46.4 cm³/mol. The van der Waals surface area contributed by atoms with Gasteiger partial charge in [0.15, 0.2) is 0 Å². The van der Waals surface area contributed by atoms with Crippen molar-refractivity contribution >= 4 is 18.6 Å². The molecule has 1 aromatic heterocycles. The van der Waals surface area contributed by atoms with Crippen LogP contribution in [0.3, 0.4) is 0 Å². The van der Waals surface area contributed by atoms with E-state index in [1.165, 1.54) is 12.4 Å². The van der Waals surface area contributed by atoms with Gasteiger partial charge in [-0.1, -0.05) is 0 Å². The van der Waals surface area contributed by atoms with Gasteiger partial charge in [0.05, 0.1) is 10.8 Å². The van der Waals surface area contributed by atoms with E-state index in [1.54, 1.807) is 0 Å².